The van der Waals surface area contributed by atoms with E-state index in [4.69, 9.17) is 0 Å². The van der Waals surface area contributed by atoms with Crippen molar-refractivity contribution in [1.29, 1.82) is 0 Å². The first-order valence-corrected chi connectivity index (χ1v) is 9.20. The molecule has 6 heteroatoms. The second kappa shape index (κ2) is 6.33. The molecule has 0 aliphatic heterocycles. The van der Waals surface area contributed by atoms with Crippen LogP contribution < -0.4 is 0 Å². The molecule has 1 heterocycles. The van der Waals surface area contributed by atoms with Crippen molar-refractivity contribution in [3.05, 3.63) is 40.5 Å². The Labute approximate surface area is 149 Å². The second-order valence-corrected chi connectivity index (χ2v) is 7.77. The number of hydrogen-bond acceptors (Lipinski definition) is 3. The molecule has 2 aliphatic carbocycles. The van der Waals surface area contributed by atoms with Crippen LogP contribution >= 0.6 is 15.9 Å². The minimum absolute atomic E-state index is 0.0229. The van der Waals surface area contributed by atoms with Gasteiger partial charge in [-0.05, 0) is 49.8 Å². The number of aromatic nitrogens is 2. The van der Waals surface area contributed by atoms with Crippen molar-refractivity contribution in [1.82, 2.24) is 15.1 Å². The van der Waals surface area contributed by atoms with Crippen LogP contribution in [-0.2, 0) is 0 Å². The molecule has 2 fully saturated rings. The Morgan fingerprint density at radius 2 is 2.00 bits per heavy atom. The van der Waals surface area contributed by atoms with Crippen molar-refractivity contribution in [2.45, 2.75) is 37.8 Å². The Balaban J connectivity index is 1.49. The maximum atomic E-state index is 12.9. The van der Waals surface area contributed by atoms with Crippen molar-refractivity contribution >= 4 is 21.8 Å². The van der Waals surface area contributed by atoms with Gasteiger partial charge in [-0.15, -0.1) is 0 Å². The molecule has 0 radical (unpaired) electrons. The Morgan fingerprint density at radius 3 is 2.62 bits per heavy atom. The van der Waals surface area contributed by atoms with Crippen LogP contribution in [0.15, 0.2) is 34.8 Å². The number of carbonyl (C=O) groups excluding carboxylic acids is 1. The summed E-state index contributed by atoms with van der Waals surface area (Å²) in [6.07, 6.45) is 3.60. The lowest BCUT2D eigenvalue weighted by molar-refractivity contribution is 0.0213. The average Bonchev–Trinajstić information content (AvgIpc) is 3.26. The van der Waals surface area contributed by atoms with E-state index in [1.165, 1.54) is 0 Å². The normalized spacial score (nSPS) is 22.9. The molecular formula is C18H20BrN3O2. The summed E-state index contributed by atoms with van der Waals surface area (Å²) in [7, 11) is 0. The van der Waals surface area contributed by atoms with Crippen LogP contribution in [-0.4, -0.2) is 44.8 Å². The Morgan fingerprint density at radius 1 is 1.29 bits per heavy atom. The van der Waals surface area contributed by atoms with Crippen molar-refractivity contribution in [2.24, 2.45) is 5.92 Å². The first-order valence-electron chi connectivity index (χ1n) is 8.40. The van der Waals surface area contributed by atoms with E-state index in [2.05, 4.69) is 26.1 Å². The maximum absolute atomic E-state index is 12.9. The molecular weight excluding hydrogens is 370 g/mol. The average molecular weight is 390 g/mol. The van der Waals surface area contributed by atoms with Gasteiger partial charge in [0.2, 0.25) is 0 Å². The number of aliphatic hydroxyl groups is 1. The van der Waals surface area contributed by atoms with Gasteiger partial charge in [0.15, 0.2) is 0 Å². The topological polar surface area (TPSA) is 69.2 Å². The maximum Gasteiger partial charge on any atom is 0.272 e. The van der Waals surface area contributed by atoms with Crippen molar-refractivity contribution < 1.29 is 9.90 Å². The SMILES string of the molecule is O=C(c1cc(-c2ccc(Br)cc2)n[nH]1)N(CC1CC(O)C1)C1CC1. The van der Waals surface area contributed by atoms with Crippen LogP contribution in [0.1, 0.15) is 36.2 Å². The van der Waals surface area contributed by atoms with Gasteiger partial charge < -0.3 is 10.0 Å². The zero-order valence-electron chi connectivity index (χ0n) is 13.3. The number of aliphatic hydroxyl groups excluding tert-OH is 1. The molecule has 24 heavy (non-hydrogen) atoms. The lowest BCUT2D eigenvalue weighted by atomic mass is 9.82. The number of H-pyrrole nitrogens is 1. The standard InChI is InChI=1S/C18H20BrN3O2/c19-13-3-1-12(2-4-13)16-9-17(21-20-16)18(24)22(14-5-6-14)10-11-7-15(23)8-11/h1-4,9,11,14-15,23H,5-8,10H2,(H,20,21). The van der Waals surface area contributed by atoms with E-state index in [1.54, 1.807) is 0 Å². The molecule has 2 N–H and O–H groups in total. The quantitative estimate of drug-likeness (QED) is 0.824. The van der Waals surface area contributed by atoms with Crippen LogP contribution in [0.25, 0.3) is 11.3 Å². The van der Waals surface area contributed by atoms with Crippen LogP contribution in [0.3, 0.4) is 0 Å². The van der Waals surface area contributed by atoms with E-state index in [0.717, 1.165) is 48.0 Å². The van der Waals surface area contributed by atoms with Gasteiger partial charge in [0, 0.05) is 22.6 Å². The van der Waals surface area contributed by atoms with Crippen molar-refractivity contribution in [3.8, 4) is 11.3 Å². The summed E-state index contributed by atoms with van der Waals surface area (Å²) in [5.74, 6) is 0.452. The summed E-state index contributed by atoms with van der Waals surface area (Å²) < 4.78 is 1.01. The molecule has 0 bridgehead atoms. The minimum Gasteiger partial charge on any atom is -0.393 e. The zero-order chi connectivity index (χ0) is 16.7. The third-order valence-corrected chi connectivity index (χ3v) is 5.39. The molecule has 0 spiro atoms. The predicted molar refractivity (Wildman–Crippen MR) is 94.5 cm³/mol. The fraction of sp³-hybridized carbons (Fsp3) is 0.444. The molecule has 1 amide bonds. The van der Waals surface area contributed by atoms with Crippen LogP contribution in [0.4, 0.5) is 0 Å². The van der Waals surface area contributed by atoms with Gasteiger partial charge in [-0.25, -0.2) is 0 Å². The first kappa shape index (κ1) is 15.8. The highest BCUT2D eigenvalue weighted by molar-refractivity contribution is 9.10. The summed E-state index contributed by atoms with van der Waals surface area (Å²) in [6.45, 7) is 0.743. The van der Waals surface area contributed by atoms with Crippen molar-refractivity contribution in [3.63, 3.8) is 0 Å². The molecule has 0 unspecified atom stereocenters. The van der Waals surface area contributed by atoms with E-state index in [-0.39, 0.29) is 12.0 Å². The fourth-order valence-electron chi connectivity index (χ4n) is 3.27. The molecule has 1 aromatic carbocycles. The van der Waals surface area contributed by atoms with Gasteiger partial charge in [0.1, 0.15) is 5.69 Å². The van der Waals surface area contributed by atoms with Gasteiger partial charge in [0.25, 0.3) is 5.91 Å². The lowest BCUT2D eigenvalue weighted by Crippen LogP contribution is -2.42. The number of carbonyl (C=O) groups is 1. The van der Waals surface area contributed by atoms with Gasteiger partial charge in [0.05, 0.1) is 11.8 Å². The zero-order valence-corrected chi connectivity index (χ0v) is 14.9. The second-order valence-electron chi connectivity index (χ2n) is 6.85. The highest BCUT2D eigenvalue weighted by atomic mass is 79.9. The molecule has 126 valence electrons. The van der Waals surface area contributed by atoms with Crippen LogP contribution in [0.2, 0.25) is 0 Å². The van der Waals surface area contributed by atoms with Gasteiger partial charge in [-0.2, -0.15) is 5.10 Å². The predicted octanol–water partition coefficient (Wildman–Crippen LogP) is 3.21. The summed E-state index contributed by atoms with van der Waals surface area (Å²) in [5, 5.41) is 16.7. The minimum atomic E-state index is -0.178. The van der Waals surface area contributed by atoms with E-state index in [9.17, 15) is 9.90 Å². The molecule has 0 atom stereocenters. The third-order valence-electron chi connectivity index (χ3n) is 4.86. The number of benzene rings is 1. The van der Waals surface area contributed by atoms with E-state index in [1.807, 2.05) is 35.2 Å². The summed E-state index contributed by atoms with van der Waals surface area (Å²) >= 11 is 3.42. The molecule has 1 aromatic heterocycles. The van der Waals surface area contributed by atoms with E-state index >= 15 is 0 Å². The lowest BCUT2D eigenvalue weighted by Gasteiger charge is -2.35. The number of aromatic amines is 1. The van der Waals surface area contributed by atoms with Crippen molar-refractivity contribution in [2.75, 3.05) is 6.54 Å². The number of rotatable bonds is 5. The van der Waals surface area contributed by atoms with Crippen LogP contribution in [0, 0.1) is 5.92 Å². The molecule has 5 nitrogen and oxygen atoms in total. The molecule has 4 rings (SSSR count). The smallest absolute Gasteiger partial charge is 0.272 e. The summed E-state index contributed by atoms with van der Waals surface area (Å²) in [6, 6.07) is 10.1. The Kier molecular flexibility index (Phi) is 4.18. The summed E-state index contributed by atoms with van der Waals surface area (Å²) in [4.78, 5) is 14.8. The van der Waals surface area contributed by atoms with Gasteiger partial charge in [-0.1, -0.05) is 28.1 Å². The van der Waals surface area contributed by atoms with Crippen LogP contribution in [0.5, 0.6) is 0 Å². The number of halogens is 1. The van der Waals surface area contributed by atoms with E-state index in [0.29, 0.717) is 17.7 Å². The number of amides is 1. The number of hydrogen-bond donors (Lipinski definition) is 2. The fourth-order valence-corrected chi connectivity index (χ4v) is 3.53. The largest absolute Gasteiger partial charge is 0.393 e. The first-order chi connectivity index (χ1) is 11.6. The highest BCUT2D eigenvalue weighted by Crippen LogP contribution is 2.34. The number of nitrogens with zero attached hydrogens (tertiary/aromatic N) is 2. The third kappa shape index (κ3) is 3.26. The molecule has 2 aliphatic rings. The monoisotopic (exact) mass is 389 g/mol. The summed E-state index contributed by atoms with van der Waals surface area (Å²) in [5.41, 5.74) is 2.30. The molecule has 2 saturated carbocycles. The molecule has 2 aromatic rings. The van der Waals surface area contributed by atoms with Gasteiger partial charge in [-0.3, -0.25) is 9.89 Å². The molecule has 0 saturated heterocycles. The Bertz CT molecular complexity index is 733. The highest BCUT2D eigenvalue weighted by Gasteiger charge is 2.38. The van der Waals surface area contributed by atoms with E-state index < -0.39 is 0 Å². The number of nitrogens with one attached hydrogen (secondary N) is 1. The Hall–Kier alpha value is -1.66. The van der Waals surface area contributed by atoms with Gasteiger partial charge >= 0.3 is 0 Å².